The highest BCUT2D eigenvalue weighted by Crippen LogP contribution is 2.14. The molecule has 2 aliphatic heterocycles. The standard InChI is InChI=1S/C16H23N5/c1-13-3-2-4-21-12-14(18-16(13)21)11-19-5-7-20(8-6-19)15-9-17-10-15/h2-4,12,15,17H,5-11H2,1H3. The summed E-state index contributed by atoms with van der Waals surface area (Å²) in [4.78, 5) is 9.94. The van der Waals surface area contributed by atoms with Crippen LogP contribution in [0.25, 0.3) is 5.65 Å². The van der Waals surface area contributed by atoms with Crippen molar-refractivity contribution in [2.24, 2.45) is 0 Å². The number of nitrogens with zero attached hydrogens (tertiary/aromatic N) is 4. The number of piperazine rings is 1. The molecular weight excluding hydrogens is 262 g/mol. The maximum atomic E-state index is 4.79. The van der Waals surface area contributed by atoms with Crippen molar-refractivity contribution in [1.29, 1.82) is 0 Å². The molecule has 1 N–H and O–H groups in total. The van der Waals surface area contributed by atoms with Crippen LogP contribution < -0.4 is 5.32 Å². The average molecular weight is 285 g/mol. The van der Waals surface area contributed by atoms with Crippen molar-refractivity contribution < 1.29 is 0 Å². The molecule has 2 aromatic heterocycles. The Morgan fingerprint density at radius 1 is 1.24 bits per heavy atom. The summed E-state index contributed by atoms with van der Waals surface area (Å²) in [6.45, 7) is 10.1. The molecule has 0 aromatic carbocycles. The predicted octanol–water partition coefficient (Wildman–Crippen LogP) is 0.732. The van der Waals surface area contributed by atoms with E-state index in [1.54, 1.807) is 0 Å². The van der Waals surface area contributed by atoms with E-state index in [-0.39, 0.29) is 0 Å². The largest absolute Gasteiger partial charge is 0.314 e. The quantitative estimate of drug-likeness (QED) is 0.902. The lowest BCUT2D eigenvalue weighted by atomic mass is 10.1. The van der Waals surface area contributed by atoms with Gasteiger partial charge in [0.1, 0.15) is 5.65 Å². The number of rotatable bonds is 3. The molecule has 0 radical (unpaired) electrons. The summed E-state index contributed by atoms with van der Waals surface area (Å²) >= 11 is 0. The molecule has 2 saturated heterocycles. The van der Waals surface area contributed by atoms with Crippen LogP contribution in [-0.4, -0.2) is 64.5 Å². The van der Waals surface area contributed by atoms with Crippen LogP contribution in [0, 0.1) is 6.92 Å². The van der Waals surface area contributed by atoms with Gasteiger partial charge in [-0.25, -0.2) is 4.98 Å². The Balaban J connectivity index is 1.40. The summed E-state index contributed by atoms with van der Waals surface area (Å²) < 4.78 is 2.14. The SMILES string of the molecule is Cc1cccn2cc(CN3CCN(C4CNC4)CC3)nc12. The van der Waals surface area contributed by atoms with E-state index in [1.807, 2.05) is 0 Å². The fourth-order valence-corrected chi connectivity index (χ4v) is 3.33. The van der Waals surface area contributed by atoms with E-state index in [4.69, 9.17) is 4.98 Å². The van der Waals surface area contributed by atoms with Gasteiger partial charge in [0.05, 0.1) is 5.69 Å². The van der Waals surface area contributed by atoms with Crippen molar-refractivity contribution in [3.8, 4) is 0 Å². The molecule has 0 saturated carbocycles. The van der Waals surface area contributed by atoms with Gasteiger partial charge in [-0.3, -0.25) is 9.80 Å². The molecular formula is C16H23N5. The number of aromatic nitrogens is 2. The van der Waals surface area contributed by atoms with Gasteiger partial charge >= 0.3 is 0 Å². The van der Waals surface area contributed by atoms with Gasteiger partial charge in [0.2, 0.25) is 0 Å². The number of fused-ring (bicyclic) bond motifs is 1. The Hall–Kier alpha value is -1.43. The molecule has 4 heterocycles. The molecule has 0 spiro atoms. The van der Waals surface area contributed by atoms with Crippen LogP contribution in [0.2, 0.25) is 0 Å². The molecule has 0 atom stereocenters. The molecule has 5 nitrogen and oxygen atoms in total. The molecule has 0 aliphatic carbocycles. The maximum absolute atomic E-state index is 4.79. The Labute approximate surface area is 125 Å². The number of pyridine rings is 1. The van der Waals surface area contributed by atoms with Crippen molar-refractivity contribution in [2.75, 3.05) is 39.3 Å². The maximum Gasteiger partial charge on any atom is 0.139 e. The van der Waals surface area contributed by atoms with Crippen LogP contribution in [-0.2, 0) is 6.54 Å². The van der Waals surface area contributed by atoms with Gasteiger partial charge in [-0.15, -0.1) is 0 Å². The molecule has 0 amide bonds. The molecule has 5 heteroatoms. The topological polar surface area (TPSA) is 35.8 Å². The van der Waals surface area contributed by atoms with E-state index in [1.165, 1.54) is 37.4 Å². The Morgan fingerprint density at radius 3 is 2.71 bits per heavy atom. The third kappa shape index (κ3) is 2.57. The highest BCUT2D eigenvalue weighted by Gasteiger charge is 2.27. The molecule has 2 fully saturated rings. The number of nitrogens with one attached hydrogen (secondary N) is 1. The van der Waals surface area contributed by atoms with Crippen molar-refractivity contribution in [3.05, 3.63) is 35.8 Å². The third-order valence-corrected chi connectivity index (χ3v) is 4.80. The molecule has 112 valence electrons. The van der Waals surface area contributed by atoms with Gasteiger partial charge in [-0.1, -0.05) is 6.07 Å². The second-order valence-corrected chi connectivity index (χ2v) is 6.28. The minimum atomic E-state index is 0.782. The van der Waals surface area contributed by atoms with Gasteiger partial charge in [0.15, 0.2) is 0 Å². The Bertz CT molecular complexity index is 623. The summed E-state index contributed by atoms with van der Waals surface area (Å²) in [5, 5.41) is 3.36. The zero-order valence-electron chi connectivity index (χ0n) is 12.6. The smallest absolute Gasteiger partial charge is 0.139 e. The molecule has 4 rings (SSSR count). The van der Waals surface area contributed by atoms with Crippen molar-refractivity contribution in [3.63, 3.8) is 0 Å². The fraction of sp³-hybridized carbons (Fsp3) is 0.562. The Morgan fingerprint density at radius 2 is 2.05 bits per heavy atom. The lowest BCUT2D eigenvalue weighted by Crippen LogP contribution is -2.61. The lowest BCUT2D eigenvalue weighted by molar-refractivity contribution is 0.0691. The molecule has 0 bridgehead atoms. The van der Waals surface area contributed by atoms with E-state index in [9.17, 15) is 0 Å². The van der Waals surface area contributed by atoms with Crippen molar-refractivity contribution in [2.45, 2.75) is 19.5 Å². The van der Waals surface area contributed by atoms with E-state index in [0.29, 0.717) is 0 Å². The van der Waals surface area contributed by atoms with Gasteiger partial charge in [0.25, 0.3) is 0 Å². The first-order valence-corrected chi connectivity index (χ1v) is 7.90. The van der Waals surface area contributed by atoms with Crippen LogP contribution in [0.15, 0.2) is 24.5 Å². The van der Waals surface area contributed by atoms with E-state index in [2.05, 4.69) is 51.0 Å². The van der Waals surface area contributed by atoms with Crippen molar-refractivity contribution in [1.82, 2.24) is 24.5 Å². The predicted molar refractivity (Wildman–Crippen MR) is 83.4 cm³/mol. The summed E-state index contributed by atoms with van der Waals surface area (Å²) in [6.07, 6.45) is 4.25. The van der Waals surface area contributed by atoms with Gasteiger partial charge in [-0.05, 0) is 18.6 Å². The summed E-state index contributed by atoms with van der Waals surface area (Å²) in [5.74, 6) is 0. The van der Waals surface area contributed by atoms with Crippen LogP contribution in [0.4, 0.5) is 0 Å². The number of hydrogen-bond donors (Lipinski definition) is 1. The van der Waals surface area contributed by atoms with Crippen molar-refractivity contribution >= 4 is 5.65 Å². The molecule has 0 unspecified atom stereocenters. The first kappa shape index (κ1) is 13.2. The minimum Gasteiger partial charge on any atom is -0.314 e. The van der Waals surface area contributed by atoms with Gasteiger partial charge < -0.3 is 9.72 Å². The second-order valence-electron chi connectivity index (χ2n) is 6.28. The molecule has 2 aromatic rings. The highest BCUT2D eigenvalue weighted by molar-refractivity contribution is 5.47. The van der Waals surface area contributed by atoms with Crippen LogP contribution in [0.5, 0.6) is 0 Å². The van der Waals surface area contributed by atoms with Gasteiger partial charge in [-0.2, -0.15) is 0 Å². The minimum absolute atomic E-state index is 0.782. The second kappa shape index (κ2) is 5.40. The average Bonchev–Trinajstić information content (AvgIpc) is 2.83. The highest BCUT2D eigenvalue weighted by atomic mass is 15.3. The zero-order valence-corrected chi connectivity index (χ0v) is 12.6. The molecule has 2 aliphatic rings. The van der Waals surface area contributed by atoms with E-state index >= 15 is 0 Å². The summed E-state index contributed by atoms with van der Waals surface area (Å²) in [5.41, 5.74) is 3.51. The van der Waals surface area contributed by atoms with E-state index in [0.717, 1.165) is 31.3 Å². The third-order valence-electron chi connectivity index (χ3n) is 4.80. The van der Waals surface area contributed by atoms with Crippen LogP contribution >= 0.6 is 0 Å². The lowest BCUT2D eigenvalue weighted by Gasteiger charge is -2.43. The molecule has 21 heavy (non-hydrogen) atoms. The monoisotopic (exact) mass is 285 g/mol. The first-order valence-electron chi connectivity index (χ1n) is 7.90. The number of aryl methyl sites for hydroxylation is 1. The normalized spacial score (nSPS) is 21.8. The first-order chi connectivity index (χ1) is 10.3. The van der Waals surface area contributed by atoms with E-state index < -0.39 is 0 Å². The Kier molecular flexibility index (Phi) is 3.41. The number of imidazole rings is 1. The van der Waals surface area contributed by atoms with Crippen LogP contribution in [0.3, 0.4) is 0 Å². The fourth-order valence-electron chi connectivity index (χ4n) is 3.33. The zero-order chi connectivity index (χ0) is 14.2. The van der Waals surface area contributed by atoms with Crippen LogP contribution in [0.1, 0.15) is 11.3 Å². The number of hydrogen-bond acceptors (Lipinski definition) is 4. The summed E-state index contributed by atoms with van der Waals surface area (Å²) in [6, 6.07) is 4.99. The van der Waals surface area contributed by atoms with Gasteiger partial charge in [0, 0.05) is 64.2 Å². The summed E-state index contributed by atoms with van der Waals surface area (Å²) in [7, 11) is 0.